The maximum absolute atomic E-state index is 10.3. The molecular formula is C10H11NO2. The molecule has 0 unspecified atom stereocenters. The zero-order chi connectivity index (χ0) is 9.68. The summed E-state index contributed by atoms with van der Waals surface area (Å²) in [5, 5.41) is 0. The molecule has 0 saturated carbocycles. The van der Waals surface area contributed by atoms with Crippen molar-refractivity contribution in [2.75, 3.05) is 7.11 Å². The normalized spacial score (nSPS) is 11.1. The molecule has 13 heavy (non-hydrogen) atoms. The molecule has 0 aliphatic heterocycles. The van der Waals surface area contributed by atoms with Crippen molar-refractivity contribution in [1.29, 1.82) is 0 Å². The van der Waals surface area contributed by atoms with E-state index in [-0.39, 0.29) is 0 Å². The summed E-state index contributed by atoms with van der Waals surface area (Å²) in [7, 11) is 1.56. The third kappa shape index (κ3) is 2.71. The van der Waals surface area contributed by atoms with Crippen LogP contribution in [0, 0.1) is 0 Å². The number of aromatic nitrogens is 1. The molecule has 0 spiro atoms. The molecule has 0 atom stereocenters. The van der Waals surface area contributed by atoms with Gasteiger partial charge in [-0.2, -0.15) is 0 Å². The number of aldehydes is 1. The highest BCUT2D eigenvalue weighted by atomic mass is 16.5. The van der Waals surface area contributed by atoms with Gasteiger partial charge in [-0.15, -0.1) is 0 Å². The van der Waals surface area contributed by atoms with Gasteiger partial charge in [0.25, 0.3) is 0 Å². The van der Waals surface area contributed by atoms with E-state index in [0.717, 1.165) is 11.8 Å². The molecule has 0 bridgehead atoms. The second-order valence-corrected chi connectivity index (χ2v) is 2.64. The summed E-state index contributed by atoms with van der Waals surface area (Å²) in [6, 6.07) is 3.60. The molecule has 0 fully saturated rings. The van der Waals surface area contributed by atoms with Crippen LogP contribution in [0.4, 0.5) is 0 Å². The first-order chi connectivity index (χ1) is 6.26. The van der Waals surface area contributed by atoms with Crippen molar-refractivity contribution < 1.29 is 9.53 Å². The van der Waals surface area contributed by atoms with Crippen LogP contribution in [0.3, 0.4) is 0 Å². The van der Waals surface area contributed by atoms with E-state index in [0.29, 0.717) is 11.5 Å². The van der Waals surface area contributed by atoms with Gasteiger partial charge in [-0.25, -0.2) is 4.98 Å². The second kappa shape index (κ2) is 4.40. The number of methoxy groups -OCH3 is 1. The molecule has 3 heteroatoms. The third-order valence-corrected chi connectivity index (χ3v) is 1.55. The Morgan fingerprint density at radius 3 is 2.77 bits per heavy atom. The number of hydrogen-bond donors (Lipinski definition) is 0. The lowest BCUT2D eigenvalue weighted by molar-refractivity contribution is -0.104. The number of hydrogen-bond acceptors (Lipinski definition) is 3. The molecule has 0 N–H and O–H groups in total. The van der Waals surface area contributed by atoms with Crippen LogP contribution in [0.2, 0.25) is 0 Å². The van der Waals surface area contributed by atoms with Gasteiger partial charge in [-0.05, 0) is 30.2 Å². The van der Waals surface area contributed by atoms with Crippen LogP contribution in [-0.4, -0.2) is 18.4 Å². The maximum atomic E-state index is 10.3. The smallest absolute Gasteiger partial charge is 0.212 e. The van der Waals surface area contributed by atoms with Crippen LogP contribution in [0.5, 0.6) is 5.88 Å². The number of carbonyl (C=O) groups excluding carboxylic acids is 1. The zero-order valence-electron chi connectivity index (χ0n) is 7.65. The summed E-state index contributed by atoms with van der Waals surface area (Å²) in [6.45, 7) is 1.75. The second-order valence-electron chi connectivity index (χ2n) is 2.64. The van der Waals surface area contributed by atoms with Crippen LogP contribution in [0.1, 0.15) is 12.5 Å². The van der Waals surface area contributed by atoms with Gasteiger partial charge in [-0.3, -0.25) is 4.79 Å². The topological polar surface area (TPSA) is 39.2 Å². The number of allylic oxidation sites excluding steroid dienone is 1. The van der Waals surface area contributed by atoms with Gasteiger partial charge < -0.3 is 4.74 Å². The molecule has 3 nitrogen and oxygen atoms in total. The first-order valence-electron chi connectivity index (χ1n) is 3.90. The van der Waals surface area contributed by atoms with Crippen molar-refractivity contribution in [3.63, 3.8) is 0 Å². The Morgan fingerprint density at radius 1 is 1.54 bits per heavy atom. The summed E-state index contributed by atoms with van der Waals surface area (Å²) in [4.78, 5) is 14.3. The van der Waals surface area contributed by atoms with Crippen molar-refractivity contribution in [3.05, 3.63) is 29.5 Å². The number of nitrogens with zero attached hydrogens (tertiary/aromatic N) is 1. The lowest BCUT2D eigenvalue weighted by Gasteiger charge is -1.97. The van der Waals surface area contributed by atoms with E-state index in [1.54, 1.807) is 32.4 Å². The van der Waals surface area contributed by atoms with E-state index in [1.165, 1.54) is 0 Å². The Kier molecular flexibility index (Phi) is 3.20. The largest absolute Gasteiger partial charge is 0.481 e. The third-order valence-electron chi connectivity index (χ3n) is 1.55. The number of carbonyl (C=O) groups is 1. The average Bonchev–Trinajstić information content (AvgIpc) is 2.19. The summed E-state index contributed by atoms with van der Waals surface area (Å²) in [5.41, 5.74) is 1.57. The van der Waals surface area contributed by atoms with Gasteiger partial charge in [0.1, 0.15) is 6.29 Å². The zero-order valence-corrected chi connectivity index (χ0v) is 7.65. The fraction of sp³-hybridized carbons (Fsp3) is 0.200. The van der Waals surface area contributed by atoms with Crippen molar-refractivity contribution in [2.24, 2.45) is 0 Å². The molecule has 0 saturated heterocycles. The van der Waals surface area contributed by atoms with Crippen LogP contribution in [-0.2, 0) is 4.79 Å². The van der Waals surface area contributed by atoms with Crippen molar-refractivity contribution in [1.82, 2.24) is 4.98 Å². The van der Waals surface area contributed by atoms with Crippen molar-refractivity contribution >= 4 is 12.4 Å². The molecule has 0 aromatic carbocycles. The van der Waals surface area contributed by atoms with Crippen LogP contribution < -0.4 is 4.74 Å². The molecule has 0 aliphatic carbocycles. The number of pyridine rings is 1. The van der Waals surface area contributed by atoms with E-state index in [2.05, 4.69) is 4.98 Å². The lowest BCUT2D eigenvalue weighted by atomic mass is 10.2. The molecular weight excluding hydrogens is 166 g/mol. The minimum absolute atomic E-state index is 0.570. The van der Waals surface area contributed by atoms with E-state index < -0.39 is 0 Å². The Hall–Kier alpha value is -1.64. The summed E-state index contributed by atoms with van der Waals surface area (Å²) >= 11 is 0. The maximum Gasteiger partial charge on any atom is 0.212 e. The quantitative estimate of drug-likeness (QED) is 0.521. The molecule has 0 radical (unpaired) electrons. The molecule has 68 valence electrons. The van der Waals surface area contributed by atoms with Gasteiger partial charge in [0.05, 0.1) is 7.11 Å². The minimum atomic E-state index is 0.570. The van der Waals surface area contributed by atoms with Gasteiger partial charge in [-0.1, -0.05) is 0 Å². The summed E-state index contributed by atoms with van der Waals surface area (Å²) < 4.78 is 4.90. The molecule has 0 aliphatic rings. The van der Waals surface area contributed by atoms with E-state index in [1.807, 2.05) is 6.07 Å². The standard InChI is InChI=1S/C10H11NO2/c1-8(7-12)5-9-3-4-10(13-2)11-6-9/h3-7H,1-2H3/b8-5-. The molecule has 1 aromatic rings. The van der Waals surface area contributed by atoms with Gasteiger partial charge in [0, 0.05) is 12.3 Å². The summed E-state index contributed by atoms with van der Waals surface area (Å²) in [5.74, 6) is 0.570. The molecule has 1 heterocycles. The Labute approximate surface area is 77.1 Å². The number of ether oxygens (including phenoxy) is 1. The van der Waals surface area contributed by atoms with Crippen molar-refractivity contribution in [2.45, 2.75) is 6.92 Å². The average molecular weight is 177 g/mol. The van der Waals surface area contributed by atoms with E-state index >= 15 is 0 Å². The van der Waals surface area contributed by atoms with Gasteiger partial charge in [0.15, 0.2) is 0 Å². The van der Waals surface area contributed by atoms with Crippen molar-refractivity contribution in [3.8, 4) is 5.88 Å². The highest BCUT2D eigenvalue weighted by Gasteiger charge is 1.92. The lowest BCUT2D eigenvalue weighted by Crippen LogP contribution is -1.87. The molecule has 1 aromatic heterocycles. The molecule has 0 amide bonds. The van der Waals surface area contributed by atoms with Crippen LogP contribution >= 0.6 is 0 Å². The summed E-state index contributed by atoms with van der Waals surface area (Å²) in [6.07, 6.45) is 4.23. The van der Waals surface area contributed by atoms with E-state index in [9.17, 15) is 4.79 Å². The Morgan fingerprint density at radius 2 is 2.31 bits per heavy atom. The van der Waals surface area contributed by atoms with E-state index in [4.69, 9.17) is 4.74 Å². The Balaban J connectivity index is 2.86. The fourth-order valence-electron chi connectivity index (χ4n) is 0.895. The van der Waals surface area contributed by atoms with Gasteiger partial charge in [0.2, 0.25) is 5.88 Å². The highest BCUT2D eigenvalue weighted by Crippen LogP contribution is 2.09. The highest BCUT2D eigenvalue weighted by molar-refractivity contribution is 5.80. The minimum Gasteiger partial charge on any atom is -0.481 e. The fourth-order valence-corrected chi connectivity index (χ4v) is 0.895. The number of rotatable bonds is 3. The molecule has 1 rings (SSSR count). The first-order valence-corrected chi connectivity index (χ1v) is 3.90. The monoisotopic (exact) mass is 177 g/mol. The van der Waals surface area contributed by atoms with Gasteiger partial charge >= 0.3 is 0 Å². The first kappa shape index (κ1) is 9.45. The van der Waals surface area contributed by atoms with Crippen LogP contribution in [0.25, 0.3) is 6.08 Å². The SMILES string of the molecule is COc1ccc(/C=C(/C)C=O)cn1. The van der Waals surface area contributed by atoms with Crippen LogP contribution in [0.15, 0.2) is 23.9 Å². The predicted molar refractivity (Wildman–Crippen MR) is 50.5 cm³/mol. The predicted octanol–water partition coefficient (Wildman–Crippen LogP) is 1.69. The Bertz CT molecular complexity index is 314.